The van der Waals surface area contributed by atoms with Gasteiger partial charge in [0.05, 0.1) is 32.9 Å². The van der Waals surface area contributed by atoms with Crippen LogP contribution in [0.15, 0.2) is 0 Å². The van der Waals surface area contributed by atoms with Crippen molar-refractivity contribution in [3.63, 3.8) is 0 Å². The highest BCUT2D eigenvalue weighted by atomic mass is 16.5. The van der Waals surface area contributed by atoms with E-state index < -0.39 is 17.9 Å². The summed E-state index contributed by atoms with van der Waals surface area (Å²) < 4.78 is 14.8. The lowest BCUT2D eigenvalue weighted by Gasteiger charge is -2.26. The number of amides is 1. The van der Waals surface area contributed by atoms with Crippen LogP contribution in [0.3, 0.4) is 0 Å². The lowest BCUT2D eigenvalue weighted by molar-refractivity contribution is -0.151. The second-order valence-corrected chi connectivity index (χ2v) is 6.40. The summed E-state index contributed by atoms with van der Waals surface area (Å²) in [4.78, 5) is 51.1. The molecule has 0 unspecified atom stereocenters. The van der Waals surface area contributed by atoms with Gasteiger partial charge in [0.15, 0.2) is 0 Å². The summed E-state index contributed by atoms with van der Waals surface area (Å²) >= 11 is 0. The van der Waals surface area contributed by atoms with E-state index in [4.69, 9.17) is 14.2 Å². The Morgan fingerprint density at radius 1 is 0.655 bits per heavy atom. The highest BCUT2D eigenvalue weighted by molar-refractivity contribution is 5.82. The number of nitrogens with zero attached hydrogens (tertiary/aromatic N) is 2. The van der Waals surface area contributed by atoms with Crippen LogP contribution in [0, 0.1) is 0 Å². The zero-order valence-corrected chi connectivity index (χ0v) is 18.2. The third-order valence-electron chi connectivity index (χ3n) is 3.97. The van der Waals surface area contributed by atoms with Gasteiger partial charge < -0.3 is 19.1 Å². The lowest BCUT2D eigenvalue weighted by atomic mass is 10.2. The topological polar surface area (TPSA) is 102 Å². The molecule has 0 bridgehead atoms. The Balaban J connectivity index is 5.02. The van der Waals surface area contributed by atoms with Gasteiger partial charge >= 0.3 is 17.9 Å². The smallest absolute Gasteiger partial charge is 0.325 e. The molecular weight excluding hydrogens is 380 g/mol. The second kappa shape index (κ2) is 16.8. The summed E-state index contributed by atoms with van der Waals surface area (Å²) in [6, 6.07) is 0. The Labute approximate surface area is 173 Å². The van der Waals surface area contributed by atoms with Crippen LogP contribution in [0.2, 0.25) is 0 Å². The van der Waals surface area contributed by atoms with Crippen LogP contribution in [-0.4, -0.2) is 86.2 Å². The fraction of sp³-hybridized carbons (Fsp3) is 0.800. The molecule has 0 heterocycles. The van der Waals surface area contributed by atoms with Gasteiger partial charge in [-0.25, -0.2) is 0 Å². The van der Waals surface area contributed by atoms with Crippen molar-refractivity contribution in [2.75, 3.05) is 52.5 Å². The van der Waals surface area contributed by atoms with E-state index in [1.165, 1.54) is 4.90 Å². The molecule has 9 nitrogen and oxygen atoms in total. The average molecular weight is 417 g/mol. The van der Waals surface area contributed by atoms with Crippen molar-refractivity contribution in [3.05, 3.63) is 0 Å². The van der Waals surface area contributed by atoms with Gasteiger partial charge in [0.1, 0.15) is 6.54 Å². The monoisotopic (exact) mass is 416 g/mol. The SMILES string of the molecule is CCCCCC(=O)N(CCN(CC(=O)OCC)CC(=O)OCC)CC(=O)OCC. The lowest BCUT2D eigenvalue weighted by Crippen LogP contribution is -2.44. The van der Waals surface area contributed by atoms with Gasteiger partial charge in [-0.2, -0.15) is 0 Å². The van der Waals surface area contributed by atoms with Crippen LogP contribution < -0.4 is 0 Å². The zero-order valence-electron chi connectivity index (χ0n) is 18.2. The van der Waals surface area contributed by atoms with E-state index in [1.807, 2.05) is 6.92 Å². The fourth-order valence-corrected chi connectivity index (χ4v) is 2.59. The molecular formula is C20H36N2O7. The molecule has 0 N–H and O–H groups in total. The minimum absolute atomic E-state index is 0.107. The van der Waals surface area contributed by atoms with Gasteiger partial charge in [-0.15, -0.1) is 0 Å². The molecule has 29 heavy (non-hydrogen) atoms. The van der Waals surface area contributed by atoms with Gasteiger partial charge in [-0.05, 0) is 27.2 Å². The van der Waals surface area contributed by atoms with Crippen LogP contribution in [0.4, 0.5) is 0 Å². The van der Waals surface area contributed by atoms with Crippen LogP contribution in [-0.2, 0) is 33.4 Å². The molecule has 0 aliphatic rings. The first-order chi connectivity index (χ1) is 13.9. The molecule has 0 atom stereocenters. The first-order valence-electron chi connectivity index (χ1n) is 10.3. The summed E-state index contributed by atoms with van der Waals surface area (Å²) in [6.07, 6.45) is 2.99. The van der Waals surface area contributed by atoms with Crippen LogP contribution in [0.1, 0.15) is 53.4 Å². The quantitative estimate of drug-likeness (QED) is 0.211. The number of carbonyl (C=O) groups excluding carboxylic acids is 4. The summed E-state index contributed by atoms with van der Waals surface area (Å²) in [5, 5.41) is 0. The summed E-state index contributed by atoms with van der Waals surface area (Å²) in [6.45, 7) is 7.86. The van der Waals surface area contributed by atoms with Gasteiger partial charge in [0.2, 0.25) is 5.91 Å². The number of rotatable bonds is 16. The van der Waals surface area contributed by atoms with Crippen LogP contribution >= 0.6 is 0 Å². The van der Waals surface area contributed by atoms with E-state index >= 15 is 0 Å². The summed E-state index contributed by atoms with van der Waals surface area (Å²) in [5.41, 5.74) is 0. The normalized spacial score (nSPS) is 10.5. The second-order valence-electron chi connectivity index (χ2n) is 6.40. The van der Waals surface area contributed by atoms with Crippen molar-refractivity contribution in [1.82, 2.24) is 9.80 Å². The van der Waals surface area contributed by atoms with Crippen LogP contribution in [0.5, 0.6) is 0 Å². The fourth-order valence-electron chi connectivity index (χ4n) is 2.59. The van der Waals surface area contributed by atoms with E-state index in [0.29, 0.717) is 6.42 Å². The van der Waals surface area contributed by atoms with Crippen molar-refractivity contribution < 1.29 is 33.4 Å². The average Bonchev–Trinajstić information content (AvgIpc) is 2.65. The van der Waals surface area contributed by atoms with Crippen molar-refractivity contribution in [2.45, 2.75) is 53.4 Å². The largest absolute Gasteiger partial charge is 0.465 e. The minimum Gasteiger partial charge on any atom is -0.465 e. The Bertz CT molecular complexity index is 491. The van der Waals surface area contributed by atoms with E-state index in [0.717, 1.165) is 19.3 Å². The van der Waals surface area contributed by atoms with Gasteiger partial charge in [-0.3, -0.25) is 24.1 Å². The molecule has 0 saturated heterocycles. The molecule has 1 amide bonds. The molecule has 0 aliphatic carbocycles. The predicted octanol–water partition coefficient (Wildman–Crippen LogP) is 1.39. The van der Waals surface area contributed by atoms with Crippen molar-refractivity contribution >= 4 is 23.8 Å². The number of ether oxygens (including phenoxy) is 3. The van der Waals surface area contributed by atoms with E-state index in [9.17, 15) is 19.2 Å². The molecule has 0 saturated carbocycles. The summed E-state index contributed by atoms with van der Waals surface area (Å²) in [5.74, 6) is -1.58. The number of unbranched alkanes of at least 4 members (excludes halogenated alkanes) is 2. The number of esters is 3. The molecule has 0 spiro atoms. The van der Waals surface area contributed by atoms with Gasteiger partial charge in [-0.1, -0.05) is 19.8 Å². The van der Waals surface area contributed by atoms with E-state index in [1.54, 1.807) is 25.7 Å². The van der Waals surface area contributed by atoms with Crippen molar-refractivity contribution in [1.29, 1.82) is 0 Å². The Kier molecular flexibility index (Phi) is 15.5. The molecule has 0 aromatic heterocycles. The van der Waals surface area contributed by atoms with Crippen molar-refractivity contribution in [3.8, 4) is 0 Å². The standard InChI is InChI=1S/C20H36N2O7/c1-5-9-10-11-17(23)22(16-20(26)29-8-4)13-12-21(14-18(24)27-6-2)15-19(25)28-7-3/h5-16H2,1-4H3. The Hall–Kier alpha value is -2.16. The minimum atomic E-state index is -0.487. The molecule has 0 fully saturated rings. The Morgan fingerprint density at radius 2 is 1.14 bits per heavy atom. The molecule has 0 aromatic carbocycles. The molecule has 9 heteroatoms. The van der Waals surface area contributed by atoms with E-state index in [2.05, 4.69) is 0 Å². The Morgan fingerprint density at radius 3 is 1.59 bits per heavy atom. The molecule has 168 valence electrons. The predicted molar refractivity (Wildman–Crippen MR) is 107 cm³/mol. The molecule has 0 radical (unpaired) electrons. The number of hydrogen-bond donors (Lipinski definition) is 0. The van der Waals surface area contributed by atoms with Gasteiger partial charge in [0, 0.05) is 19.5 Å². The van der Waals surface area contributed by atoms with Gasteiger partial charge in [0.25, 0.3) is 0 Å². The first-order valence-corrected chi connectivity index (χ1v) is 10.3. The third-order valence-corrected chi connectivity index (χ3v) is 3.97. The maximum Gasteiger partial charge on any atom is 0.325 e. The zero-order chi connectivity index (χ0) is 22.1. The number of carbonyl (C=O) groups is 4. The maximum absolute atomic E-state index is 12.5. The third kappa shape index (κ3) is 13.6. The highest BCUT2D eigenvalue weighted by Gasteiger charge is 2.21. The molecule has 0 aliphatic heterocycles. The molecule has 0 rings (SSSR count). The van der Waals surface area contributed by atoms with Crippen molar-refractivity contribution in [2.24, 2.45) is 0 Å². The first kappa shape index (κ1) is 26.8. The molecule has 0 aromatic rings. The number of hydrogen-bond acceptors (Lipinski definition) is 8. The summed E-state index contributed by atoms with van der Waals surface area (Å²) in [7, 11) is 0. The maximum atomic E-state index is 12.5. The highest BCUT2D eigenvalue weighted by Crippen LogP contribution is 2.05. The van der Waals surface area contributed by atoms with Crippen LogP contribution in [0.25, 0.3) is 0 Å². The van der Waals surface area contributed by atoms with E-state index in [-0.39, 0.29) is 58.5 Å².